The molecule has 1 saturated heterocycles. The number of carbonyl (C=O) groups is 2. The molecule has 8 nitrogen and oxygen atoms in total. The van der Waals surface area contributed by atoms with Gasteiger partial charge in [-0.2, -0.15) is 0 Å². The van der Waals surface area contributed by atoms with Crippen LogP contribution in [-0.2, 0) is 0 Å². The molecule has 0 spiro atoms. The van der Waals surface area contributed by atoms with E-state index in [2.05, 4.69) is 44.3 Å². The predicted octanol–water partition coefficient (Wildman–Crippen LogP) is 6.57. The van der Waals surface area contributed by atoms with E-state index < -0.39 is 0 Å². The van der Waals surface area contributed by atoms with Crippen molar-refractivity contribution >= 4 is 68.8 Å². The molecule has 0 radical (unpaired) electrons. The molecule has 1 aliphatic rings. The van der Waals surface area contributed by atoms with E-state index in [9.17, 15) is 14.7 Å². The second-order valence-electron chi connectivity index (χ2n) is 10.2. The molecule has 1 fully saturated rings. The van der Waals surface area contributed by atoms with Gasteiger partial charge in [0, 0.05) is 65.8 Å². The van der Waals surface area contributed by atoms with E-state index in [4.69, 9.17) is 11.6 Å². The van der Waals surface area contributed by atoms with Gasteiger partial charge in [-0.3, -0.25) is 14.6 Å². The number of anilines is 2. The number of thiophene rings is 1. The topological polar surface area (TPSA) is 101 Å². The Balaban J connectivity index is 1.17. The van der Waals surface area contributed by atoms with Crippen LogP contribution in [0.1, 0.15) is 31.2 Å². The van der Waals surface area contributed by atoms with Crippen molar-refractivity contribution in [3.05, 3.63) is 105 Å². The van der Waals surface area contributed by atoms with Gasteiger partial charge in [0.15, 0.2) is 11.7 Å². The lowest BCUT2D eigenvalue weighted by Crippen LogP contribution is -2.44. The highest BCUT2D eigenvalue weighted by atomic mass is 35.5. The number of halogens is 1. The SMILES string of the molecule is CN1CCN(c2ccc(N=Cc3c(O)[nH]c4cc(C(=O)c5cccc(NC(=O)c6ccc(Cl)s6)c5)ccc34)cc2)CC1. The highest BCUT2D eigenvalue weighted by molar-refractivity contribution is 7.18. The molecule has 0 atom stereocenters. The second kappa shape index (κ2) is 11.8. The molecule has 3 heterocycles. The standard InChI is InChI=1S/C32H28ClN5O3S/c1-37-13-15-38(16-14-37)24-8-6-22(7-9-24)34-19-26-25-10-5-21(18-27(25)36-31(26)40)30(39)20-3-2-4-23(17-20)35-32(41)28-11-12-29(33)42-28/h2-12,17-19,36,40H,13-16H2,1H3,(H,35,41). The fourth-order valence-electron chi connectivity index (χ4n) is 4.96. The molecule has 2 aromatic heterocycles. The molecule has 1 aliphatic heterocycles. The third-order valence-corrected chi connectivity index (χ3v) is 8.55. The van der Waals surface area contributed by atoms with Gasteiger partial charge in [0.05, 0.1) is 20.5 Å². The Labute approximate surface area is 251 Å². The number of aromatic nitrogens is 1. The zero-order valence-electron chi connectivity index (χ0n) is 22.8. The number of piperazine rings is 1. The first-order valence-corrected chi connectivity index (χ1v) is 14.7. The van der Waals surface area contributed by atoms with E-state index in [1.165, 1.54) is 17.0 Å². The van der Waals surface area contributed by atoms with Crippen LogP contribution >= 0.6 is 22.9 Å². The molecule has 1 amide bonds. The summed E-state index contributed by atoms with van der Waals surface area (Å²) in [7, 11) is 2.14. The number of benzene rings is 3. The fraction of sp³-hybridized carbons (Fsp3) is 0.156. The van der Waals surface area contributed by atoms with E-state index in [1.54, 1.807) is 60.8 Å². The number of hydrogen-bond acceptors (Lipinski definition) is 7. The van der Waals surface area contributed by atoms with Gasteiger partial charge in [0.25, 0.3) is 5.91 Å². The van der Waals surface area contributed by atoms with Gasteiger partial charge >= 0.3 is 0 Å². The number of H-pyrrole nitrogens is 1. The summed E-state index contributed by atoms with van der Waals surface area (Å²) in [6.07, 6.45) is 1.63. The minimum absolute atomic E-state index is 0.0224. The maximum absolute atomic E-state index is 13.3. The van der Waals surface area contributed by atoms with Crippen LogP contribution in [0.25, 0.3) is 10.9 Å². The summed E-state index contributed by atoms with van der Waals surface area (Å²) in [5.41, 5.74) is 4.49. The number of nitrogens with zero attached hydrogens (tertiary/aromatic N) is 3. The van der Waals surface area contributed by atoms with Crippen molar-refractivity contribution in [2.45, 2.75) is 0 Å². The van der Waals surface area contributed by atoms with Gasteiger partial charge in [0.1, 0.15) is 0 Å². The zero-order chi connectivity index (χ0) is 29.2. The third-order valence-electron chi connectivity index (χ3n) is 7.32. The van der Waals surface area contributed by atoms with Crippen LogP contribution in [0.15, 0.2) is 83.9 Å². The summed E-state index contributed by atoms with van der Waals surface area (Å²) in [5, 5.41) is 14.2. The number of aromatic amines is 1. The van der Waals surface area contributed by atoms with Gasteiger partial charge in [-0.15, -0.1) is 11.3 Å². The molecule has 5 aromatic rings. The smallest absolute Gasteiger partial charge is 0.265 e. The normalized spacial score (nSPS) is 14.1. The van der Waals surface area contributed by atoms with Crippen molar-refractivity contribution in [3.8, 4) is 5.88 Å². The number of likely N-dealkylation sites (N-methyl/N-ethyl adjacent to an activating group) is 1. The van der Waals surface area contributed by atoms with Crippen LogP contribution in [0, 0.1) is 0 Å². The fourth-order valence-corrected chi connectivity index (χ4v) is 5.90. The average molecular weight is 598 g/mol. The Morgan fingerprint density at radius 3 is 2.48 bits per heavy atom. The summed E-state index contributed by atoms with van der Waals surface area (Å²) in [6, 6.07) is 23.4. The predicted molar refractivity (Wildman–Crippen MR) is 171 cm³/mol. The van der Waals surface area contributed by atoms with E-state index in [0.29, 0.717) is 37.1 Å². The lowest BCUT2D eigenvalue weighted by Gasteiger charge is -2.34. The van der Waals surface area contributed by atoms with Crippen molar-refractivity contribution in [1.29, 1.82) is 0 Å². The lowest BCUT2D eigenvalue weighted by molar-refractivity contribution is 0.102. The molecular weight excluding hydrogens is 570 g/mol. The van der Waals surface area contributed by atoms with E-state index in [1.807, 2.05) is 12.1 Å². The first-order chi connectivity index (χ1) is 20.3. The highest BCUT2D eigenvalue weighted by Gasteiger charge is 2.16. The van der Waals surface area contributed by atoms with Crippen molar-refractivity contribution in [2.24, 2.45) is 4.99 Å². The zero-order valence-corrected chi connectivity index (χ0v) is 24.4. The molecule has 0 saturated carbocycles. The van der Waals surface area contributed by atoms with E-state index in [0.717, 1.165) is 37.3 Å². The Morgan fingerprint density at radius 2 is 1.74 bits per heavy atom. The van der Waals surface area contributed by atoms with Crippen LogP contribution in [0.4, 0.5) is 17.1 Å². The molecule has 10 heteroatoms. The summed E-state index contributed by atoms with van der Waals surface area (Å²) < 4.78 is 0.527. The average Bonchev–Trinajstić information content (AvgIpc) is 3.58. The number of aliphatic imine (C=N–C) groups is 1. The van der Waals surface area contributed by atoms with Crippen LogP contribution in [0.5, 0.6) is 5.88 Å². The monoisotopic (exact) mass is 597 g/mol. The Morgan fingerprint density at radius 1 is 0.976 bits per heavy atom. The van der Waals surface area contributed by atoms with Gasteiger partial charge in [-0.25, -0.2) is 0 Å². The molecular formula is C32H28ClN5O3S. The molecule has 42 heavy (non-hydrogen) atoms. The van der Waals surface area contributed by atoms with Gasteiger partial charge in [-0.05, 0) is 61.6 Å². The summed E-state index contributed by atoms with van der Waals surface area (Å²) in [5.74, 6) is -0.525. The van der Waals surface area contributed by atoms with Crippen molar-refractivity contribution in [1.82, 2.24) is 9.88 Å². The Bertz CT molecular complexity index is 1800. The number of fused-ring (bicyclic) bond motifs is 1. The van der Waals surface area contributed by atoms with Crippen molar-refractivity contribution < 1.29 is 14.7 Å². The minimum Gasteiger partial charge on any atom is -0.494 e. The van der Waals surface area contributed by atoms with E-state index in [-0.39, 0.29) is 17.6 Å². The highest BCUT2D eigenvalue weighted by Crippen LogP contribution is 2.29. The third kappa shape index (κ3) is 5.94. The maximum Gasteiger partial charge on any atom is 0.265 e. The Hall–Kier alpha value is -4.44. The number of hydrogen-bond donors (Lipinski definition) is 3. The molecule has 0 bridgehead atoms. The second-order valence-corrected chi connectivity index (χ2v) is 11.9. The van der Waals surface area contributed by atoms with Crippen molar-refractivity contribution in [3.63, 3.8) is 0 Å². The minimum atomic E-state index is -0.292. The Kier molecular flexibility index (Phi) is 7.80. The molecule has 0 unspecified atom stereocenters. The molecule has 0 aliphatic carbocycles. The molecule has 3 N–H and O–H groups in total. The van der Waals surface area contributed by atoms with Crippen LogP contribution < -0.4 is 10.2 Å². The summed E-state index contributed by atoms with van der Waals surface area (Å²) in [4.78, 5) is 38.5. The van der Waals surface area contributed by atoms with Crippen molar-refractivity contribution in [2.75, 3.05) is 43.4 Å². The van der Waals surface area contributed by atoms with Crippen LogP contribution in [0.3, 0.4) is 0 Å². The van der Waals surface area contributed by atoms with Gasteiger partial charge in [-0.1, -0.05) is 35.9 Å². The molecule has 6 rings (SSSR count). The van der Waals surface area contributed by atoms with Gasteiger partial charge < -0.3 is 25.2 Å². The largest absolute Gasteiger partial charge is 0.494 e. The lowest BCUT2D eigenvalue weighted by atomic mass is 10.0. The number of rotatable bonds is 7. The number of nitrogens with one attached hydrogen (secondary N) is 2. The number of carbonyl (C=O) groups excluding carboxylic acids is 2. The molecule has 212 valence electrons. The quantitative estimate of drug-likeness (QED) is 0.145. The first kappa shape index (κ1) is 27.7. The molecule has 3 aromatic carbocycles. The van der Waals surface area contributed by atoms with Gasteiger partial charge in [0.2, 0.25) is 0 Å². The maximum atomic E-state index is 13.3. The van der Waals surface area contributed by atoms with E-state index >= 15 is 0 Å². The van der Waals surface area contributed by atoms with Crippen LogP contribution in [0.2, 0.25) is 4.34 Å². The number of ketones is 1. The first-order valence-electron chi connectivity index (χ1n) is 13.5. The summed E-state index contributed by atoms with van der Waals surface area (Å²) in [6.45, 7) is 4.09. The summed E-state index contributed by atoms with van der Waals surface area (Å²) >= 11 is 7.12. The van der Waals surface area contributed by atoms with Crippen LogP contribution in [-0.4, -0.2) is 66.1 Å². The number of amides is 1. The number of aromatic hydroxyl groups is 1.